The molecule has 0 spiro atoms. The predicted molar refractivity (Wildman–Crippen MR) is 69.5 cm³/mol. The quantitative estimate of drug-likeness (QED) is 0.742. The molecule has 0 saturated heterocycles. The number of hydrogen-bond acceptors (Lipinski definition) is 4. The number of carbonyl (C=O) groups excluding carboxylic acids is 1. The minimum absolute atomic E-state index is 0.0891. The average Bonchev–Trinajstić information content (AvgIpc) is 2.94. The fraction of sp³-hybridized carbons (Fsp3) is 0.308. The van der Waals surface area contributed by atoms with Crippen LogP contribution in [0.1, 0.15) is 35.0 Å². The van der Waals surface area contributed by atoms with Crippen molar-refractivity contribution in [1.82, 2.24) is 20.5 Å². The van der Waals surface area contributed by atoms with Crippen molar-refractivity contribution in [3.05, 3.63) is 47.5 Å². The van der Waals surface area contributed by atoms with Crippen LogP contribution in [0.15, 0.2) is 30.3 Å². The molecule has 0 radical (unpaired) electrons. The van der Waals surface area contributed by atoms with E-state index in [-0.39, 0.29) is 12.4 Å². The Morgan fingerprint density at radius 1 is 1.42 bits per heavy atom. The number of benzene rings is 1. The van der Waals surface area contributed by atoms with Crippen LogP contribution in [-0.2, 0) is 6.42 Å². The molecule has 6 nitrogen and oxygen atoms in total. The lowest BCUT2D eigenvalue weighted by atomic mass is 10.1. The summed E-state index contributed by atoms with van der Waals surface area (Å²) in [4.78, 5) is 16.0. The summed E-state index contributed by atoms with van der Waals surface area (Å²) in [6, 6.07) is 8.81. The number of hydrogen-bond donors (Lipinski definition) is 3. The van der Waals surface area contributed by atoms with Crippen LogP contribution in [0.4, 0.5) is 0 Å². The summed E-state index contributed by atoms with van der Waals surface area (Å²) in [7, 11) is 0. The van der Waals surface area contributed by atoms with Crippen LogP contribution in [-0.4, -0.2) is 32.8 Å². The third kappa shape index (κ3) is 3.17. The molecule has 19 heavy (non-hydrogen) atoms. The summed E-state index contributed by atoms with van der Waals surface area (Å²) < 4.78 is 0. The van der Waals surface area contributed by atoms with E-state index in [1.54, 1.807) is 0 Å². The van der Waals surface area contributed by atoms with Crippen LogP contribution in [0, 0.1) is 0 Å². The molecule has 6 heteroatoms. The Morgan fingerprint density at radius 3 is 2.74 bits per heavy atom. The fourth-order valence-electron chi connectivity index (χ4n) is 1.70. The second-order valence-corrected chi connectivity index (χ2v) is 4.08. The lowest BCUT2D eigenvalue weighted by Gasteiger charge is -2.15. The van der Waals surface area contributed by atoms with Crippen LogP contribution < -0.4 is 5.32 Å². The fourth-order valence-corrected chi connectivity index (χ4v) is 1.70. The lowest BCUT2D eigenvalue weighted by molar-refractivity contribution is 0.0906. The van der Waals surface area contributed by atoms with Gasteiger partial charge in [-0.25, -0.2) is 4.98 Å². The van der Waals surface area contributed by atoms with Crippen LogP contribution >= 0.6 is 0 Å². The van der Waals surface area contributed by atoms with Gasteiger partial charge in [0.2, 0.25) is 5.82 Å². The molecule has 0 fully saturated rings. The molecule has 0 saturated carbocycles. The number of aromatic amines is 1. The molecule has 2 rings (SSSR count). The van der Waals surface area contributed by atoms with Gasteiger partial charge in [-0.3, -0.25) is 9.89 Å². The summed E-state index contributed by atoms with van der Waals surface area (Å²) in [6.07, 6.45) is 0.683. The molecule has 1 heterocycles. The molecule has 0 unspecified atom stereocenters. The summed E-state index contributed by atoms with van der Waals surface area (Å²) in [5.41, 5.74) is 0.838. The van der Waals surface area contributed by atoms with E-state index < -0.39 is 11.9 Å². The number of nitrogens with one attached hydrogen (secondary N) is 2. The van der Waals surface area contributed by atoms with E-state index in [1.165, 1.54) is 0 Å². The number of amides is 1. The Bertz CT molecular complexity index is 539. The molecule has 1 aromatic carbocycles. The number of nitrogens with zero attached hydrogens (tertiary/aromatic N) is 2. The number of rotatable bonds is 5. The Labute approximate surface area is 110 Å². The molecule has 0 aliphatic carbocycles. The van der Waals surface area contributed by atoms with Crippen LogP contribution in [0.2, 0.25) is 0 Å². The number of aromatic nitrogens is 3. The Balaban J connectivity index is 2.08. The van der Waals surface area contributed by atoms with Gasteiger partial charge in [0.15, 0.2) is 0 Å². The van der Waals surface area contributed by atoms with Crippen molar-refractivity contribution in [2.24, 2.45) is 0 Å². The van der Waals surface area contributed by atoms with Crippen molar-refractivity contribution in [1.29, 1.82) is 0 Å². The summed E-state index contributed by atoms with van der Waals surface area (Å²) in [5, 5.41) is 18.6. The Morgan fingerprint density at radius 2 is 2.16 bits per heavy atom. The van der Waals surface area contributed by atoms with Crippen molar-refractivity contribution in [2.45, 2.75) is 19.4 Å². The van der Waals surface area contributed by atoms with E-state index in [0.717, 1.165) is 5.56 Å². The molecule has 0 aliphatic heterocycles. The third-order valence-corrected chi connectivity index (χ3v) is 2.76. The zero-order chi connectivity index (χ0) is 13.7. The highest BCUT2D eigenvalue weighted by Gasteiger charge is 2.17. The largest absolute Gasteiger partial charge is 0.394 e. The topological polar surface area (TPSA) is 90.9 Å². The molecule has 100 valence electrons. The van der Waals surface area contributed by atoms with E-state index >= 15 is 0 Å². The number of H-pyrrole nitrogens is 1. The molecular weight excluding hydrogens is 244 g/mol. The first-order chi connectivity index (χ1) is 9.24. The monoisotopic (exact) mass is 260 g/mol. The van der Waals surface area contributed by atoms with Crippen molar-refractivity contribution in [3.63, 3.8) is 0 Å². The second-order valence-electron chi connectivity index (χ2n) is 4.08. The van der Waals surface area contributed by atoms with Gasteiger partial charge in [-0.15, -0.1) is 5.10 Å². The van der Waals surface area contributed by atoms with Gasteiger partial charge in [-0.2, -0.15) is 0 Å². The average molecular weight is 260 g/mol. The predicted octanol–water partition coefficient (Wildman–Crippen LogP) is 0.831. The molecule has 0 aliphatic rings. The minimum Gasteiger partial charge on any atom is -0.394 e. The van der Waals surface area contributed by atoms with Crippen molar-refractivity contribution >= 4 is 5.91 Å². The normalized spacial score (nSPS) is 12.1. The van der Waals surface area contributed by atoms with E-state index in [0.29, 0.717) is 12.2 Å². The maximum atomic E-state index is 11.9. The summed E-state index contributed by atoms with van der Waals surface area (Å²) >= 11 is 0. The molecule has 0 bridgehead atoms. The highest BCUT2D eigenvalue weighted by molar-refractivity contribution is 5.90. The number of aryl methyl sites for hydroxylation is 1. The van der Waals surface area contributed by atoms with Gasteiger partial charge in [0, 0.05) is 6.42 Å². The first-order valence-electron chi connectivity index (χ1n) is 6.12. The van der Waals surface area contributed by atoms with Gasteiger partial charge in [0.1, 0.15) is 5.82 Å². The summed E-state index contributed by atoms with van der Waals surface area (Å²) in [5.74, 6) is 0.343. The Hall–Kier alpha value is -2.21. The van der Waals surface area contributed by atoms with Gasteiger partial charge in [-0.05, 0) is 5.56 Å². The van der Waals surface area contributed by atoms with E-state index in [9.17, 15) is 9.90 Å². The van der Waals surface area contributed by atoms with Crippen molar-refractivity contribution in [2.75, 3.05) is 6.61 Å². The number of aliphatic hydroxyl groups excluding tert-OH is 1. The smallest absolute Gasteiger partial charge is 0.291 e. The minimum atomic E-state index is -0.461. The Kier molecular flexibility index (Phi) is 4.25. The zero-order valence-corrected chi connectivity index (χ0v) is 10.6. The van der Waals surface area contributed by atoms with Crippen LogP contribution in [0.5, 0.6) is 0 Å². The molecule has 2 aromatic rings. The highest BCUT2D eigenvalue weighted by atomic mass is 16.3. The van der Waals surface area contributed by atoms with Crippen molar-refractivity contribution in [3.8, 4) is 0 Å². The van der Waals surface area contributed by atoms with Gasteiger partial charge in [-0.1, -0.05) is 37.3 Å². The van der Waals surface area contributed by atoms with Gasteiger partial charge >= 0.3 is 0 Å². The molecule has 1 aromatic heterocycles. The summed E-state index contributed by atoms with van der Waals surface area (Å²) in [6.45, 7) is 1.74. The van der Waals surface area contributed by atoms with E-state index in [4.69, 9.17) is 0 Å². The highest BCUT2D eigenvalue weighted by Crippen LogP contribution is 2.12. The maximum Gasteiger partial charge on any atom is 0.291 e. The van der Waals surface area contributed by atoms with E-state index in [2.05, 4.69) is 20.5 Å². The lowest BCUT2D eigenvalue weighted by Crippen LogP contribution is -2.31. The van der Waals surface area contributed by atoms with Crippen LogP contribution in [0.3, 0.4) is 0 Å². The molecule has 1 atom stereocenters. The van der Waals surface area contributed by atoms with Gasteiger partial charge in [0.05, 0.1) is 12.6 Å². The standard InChI is InChI=1S/C13H16N4O2/c1-2-11-15-12(17-16-11)13(19)14-10(8-18)9-6-4-3-5-7-9/h3-7,10,18H,2,8H2,1H3,(H,14,19)(H,15,16,17)/t10-/m0/s1. The first-order valence-corrected chi connectivity index (χ1v) is 6.12. The van der Waals surface area contributed by atoms with Crippen LogP contribution in [0.25, 0.3) is 0 Å². The molecule has 1 amide bonds. The zero-order valence-electron chi connectivity index (χ0n) is 10.6. The number of aliphatic hydroxyl groups is 1. The maximum absolute atomic E-state index is 11.9. The van der Waals surface area contributed by atoms with Crippen molar-refractivity contribution < 1.29 is 9.90 Å². The molecular formula is C13H16N4O2. The van der Waals surface area contributed by atoms with Gasteiger partial charge < -0.3 is 10.4 Å². The second kappa shape index (κ2) is 6.10. The number of carbonyl (C=O) groups is 1. The SMILES string of the molecule is CCc1nc(C(=O)N[C@@H](CO)c2ccccc2)n[nH]1. The third-order valence-electron chi connectivity index (χ3n) is 2.76. The first kappa shape index (κ1) is 13.2. The molecule has 3 N–H and O–H groups in total. The van der Waals surface area contributed by atoms with Gasteiger partial charge in [0.25, 0.3) is 5.91 Å². The van der Waals surface area contributed by atoms with E-state index in [1.807, 2.05) is 37.3 Å².